The molecule has 58 heavy (non-hydrogen) atoms. The van der Waals surface area contributed by atoms with Gasteiger partial charge in [0.25, 0.3) is 29.5 Å². The molecule has 302 valence electrons. The van der Waals surface area contributed by atoms with Crippen molar-refractivity contribution >= 4 is 58.1 Å². The molecule has 6 heterocycles. The van der Waals surface area contributed by atoms with Crippen LogP contribution in [0.15, 0.2) is 44.0 Å². The van der Waals surface area contributed by atoms with Gasteiger partial charge in [-0.15, -0.1) is 22.7 Å². The lowest BCUT2D eigenvalue weighted by molar-refractivity contribution is -0.124. The normalized spacial score (nSPS) is 19.0. The smallest absolute Gasteiger partial charge is 0.274 e. The van der Waals surface area contributed by atoms with Crippen LogP contribution in [-0.4, -0.2) is 66.4 Å². The molecule has 0 radical (unpaired) electrons. The Balaban J connectivity index is 1.42. The van der Waals surface area contributed by atoms with E-state index >= 15 is 0 Å². The van der Waals surface area contributed by atoms with Gasteiger partial charge in [0, 0.05) is 16.3 Å². The molecule has 19 nitrogen and oxygen atoms in total. The maximum absolute atomic E-state index is 13.6. The molecule has 21 heteroatoms. The van der Waals surface area contributed by atoms with Gasteiger partial charge in [-0.2, -0.15) is 0 Å². The zero-order valence-corrected chi connectivity index (χ0v) is 33.9. The van der Waals surface area contributed by atoms with Gasteiger partial charge in [0.05, 0.1) is 11.7 Å². The molecule has 1 aliphatic rings. The number of carbonyl (C=O) groups excluding carboxylic acids is 6. The van der Waals surface area contributed by atoms with E-state index in [2.05, 4.69) is 58.1 Å². The summed E-state index contributed by atoms with van der Waals surface area (Å²) in [5.41, 5.74) is 5.54. The Morgan fingerprint density at radius 3 is 2.02 bits per heavy atom. The molecule has 0 unspecified atom stereocenters. The van der Waals surface area contributed by atoms with Crippen LogP contribution < -0.4 is 32.3 Å². The van der Waals surface area contributed by atoms with Crippen molar-refractivity contribution in [3.8, 4) is 22.0 Å². The molecular weight excluding hydrogens is 791 g/mol. The zero-order valence-electron chi connectivity index (χ0n) is 32.3. The largest absolute Gasteiger partial charge is 0.443 e. The number of hydrogen-bond donors (Lipinski definition) is 6. The van der Waals surface area contributed by atoms with Gasteiger partial charge in [0.15, 0.2) is 5.69 Å². The summed E-state index contributed by atoms with van der Waals surface area (Å²) in [7, 11) is 0. The van der Waals surface area contributed by atoms with Gasteiger partial charge in [-0.05, 0) is 52.7 Å². The molecule has 0 aliphatic carbocycles. The van der Waals surface area contributed by atoms with Crippen molar-refractivity contribution < 1.29 is 37.6 Å². The van der Waals surface area contributed by atoms with Gasteiger partial charge in [-0.3, -0.25) is 28.8 Å². The quantitative estimate of drug-likeness (QED) is 0.142. The number of nitrogens with one attached hydrogen (secondary N) is 5. The van der Waals surface area contributed by atoms with Crippen molar-refractivity contribution in [2.24, 2.45) is 11.7 Å². The van der Waals surface area contributed by atoms with Gasteiger partial charge >= 0.3 is 0 Å². The third kappa shape index (κ3) is 8.54. The maximum atomic E-state index is 13.6. The van der Waals surface area contributed by atoms with Crippen LogP contribution in [0.5, 0.6) is 0 Å². The summed E-state index contributed by atoms with van der Waals surface area (Å²) in [6.07, 6.45) is 0. The van der Waals surface area contributed by atoms with Crippen LogP contribution in [0.1, 0.15) is 123 Å². The number of pyridine rings is 1. The Kier molecular flexibility index (Phi) is 11.7. The minimum atomic E-state index is -1.01. The zero-order chi connectivity index (χ0) is 42.2. The second-order valence-corrected chi connectivity index (χ2v) is 15.5. The van der Waals surface area contributed by atoms with Crippen LogP contribution >= 0.6 is 22.7 Å². The van der Waals surface area contributed by atoms with Crippen molar-refractivity contribution in [1.29, 1.82) is 0 Å². The minimum Gasteiger partial charge on any atom is -0.443 e. The molecule has 6 rings (SSSR count). The highest BCUT2D eigenvalue weighted by Crippen LogP contribution is 2.35. The van der Waals surface area contributed by atoms with Gasteiger partial charge < -0.3 is 41.2 Å². The Labute approximate surface area is 338 Å². The van der Waals surface area contributed by atoms with E-state index in [1.807, 2.05) is 0 Å². The predicted molar refractivity (Wildman–Crippen MR) is 209 cm³/mol. The SMILES string of the molecule is C=C(NC(=O)c1ccc2c(n1)-c1nc(oc1C)[C@H](C)NC(=O)c1csc(n1)[C@@H](C)NC(=O)c1nc(oc1C)[C@H](C)NC(=O)[C@@H](C(C)C)NC(=O)c1csc-2n1)C(N)=O. The topological polar surface area (TPSA) is 279 Å². The molecule has 0 fully saturated rings. The van der Waals surface area contributed by atoms with E-state index in [0.29, 0.717) is 15.6 Å². The average molecular weight is 830 g/mol. The van der Waals surface area contributed by atoms with Gasteiger partial charge in [0.2, 0.25) is 17.7 Å². The lowest BCUT2D eigenvalue weighted by atomic mass is 10.0. The van der Waals surface area contributed by atoms with E-state index in [-0.39, 0.29) is 69.1 Å². The standard InChI is InChI=1S/C37H39N11O8S2/c1-13(2)24-32(53)41-16(5)35-48-26(19(8)56-35)33(54)42-17(6)36-44-22(11-57-36)30(51)40-15(4)34-47-25(18(7)55-34)27-20(37-45-23(12-58-37)31(52)46-24)9-10-21(43-27)29(50)39-14(3)28(38)49/h9-13,15-17,24H,3H2,1-2,4-8H3,(H2,38,49)(H,39,50)(H,40,51)(H,41,53)(H,42,54)(H,46,52)/t15-,16-,17+,24+/m0/s1. The van der Waals surface area contributed by atoms with Crippen molar-refractivity contribution in [2.75, 3.05) is 0 Å². The molecule has 0 saturated heterocycles. The summed E-state index contributed by atoms with van der Waals surface area (Å²) in [6.45, 7) is 15.2. The molecular formula is C37H39N11O8S2. The first-order valence-corrected chi connectivity index (χ1v) is 19.6. The molecule has 0 aromatic carbocycles. The van der Waals surface area contributed by atoms with Crippen molar-refractivity contribution in [3.05, 3.63) is 86.3 Å². The number of rotatable bonds is 4. The highest BCUT2D eigenvalue weighted by Gasteiger charge is 2.31. The summed E-state index contributed by atoms with van der Waals surface area (Å²) < 4.78 is 11.8. The number of aromatic nitrogens is 5. The third-order valence-corrected chi connectivity index (χ3v) is 10.8. The number of nitrogens with two attached hydrogens (primary N) is 1. The lowest BCUT2D eigenvalue weighted by Gasteiger charge is -2.22. The van der Waals surface area contributed by atoms with Crippen LogP contribution in [0.4, 0.5) is 0 Å². The van der Waals surface area contributed by atoms with Crippen LogP contribution in [0.3, 0.4) is 0 Å². The summed E-state index contributed by atoms with van der Waals surface area (Å²) in [5.74, 6) is -3.70. The van der Waals surface area contributed by atoms with Gasteiger partial charge in [-0.25, -0.2) is 24.9 Å². The second kappa shape index (κ2) is 16.5. The Morgan fingerprint density at radius 1 is 0.759 bits per heavy atom. The van der Waals surface area contributed by atoms with Crippen LogP contribution in [0, 0.1) is 19.8 Å². The molecule has 5 aromatic rings. The maximum Gasteiger partial charge on any atom is 0.274 e. The number of thiazole rings is 2. The monoisotopic (exact) mass is 829 g/mol. The third-order valence-electron chi connectivity index (χ3n) is 8.88. The predicted octanol–water partition coefficient (Wildman–Crippen LogP) is 3.58. The van der Waals surface area contributed by atoms with Crippen molar-refractivity contribution in [2.45, 2.75) is 72.6 Å². The van der Waals surface area contributed by atoms with E-state index in [1.165, 1.54) is 22.8 Å². The summed E-state index contributed by atoms with van der Waals surface area (Å²) in [5, 5.41) is 17.3. The highest BCUT2D eigenvalue weighted by atomic mass is 32.1. The van der Waals surface area contributed by atoms with Gasteiger partial charge in [0.1, 0.15) is 68.1 Å². The summed E-state index contributed by atoms with van der Waals surface area (Å²) in [6, 6.07) is -0.285. The van der Waals surface area contributed by atoms with Crippen LogP contribution in [0.25, 0.3) is 22.0 Å². The number of oxazole rings is 2. The fraction of sp³-hybridized carbons (Fsp3) is 0.324. The fourth-order valence-electron chi connectivity index (χ4n) is 5.70. The summed E-state index contributed by atoms with van der Waals surface area (Å²) >= 11 is 2.26. The van der Waals surface area contributed by atoms with Crippen molar-refractivity contribution in [1.82, 2.24) is 51.5 Å². The first-order chi connectivity index (χ1) is 27.4. The number of aryl methyl sites for hydroxylation is 2. The summed E-state index contributed by atoms with van der Waals surface area (Å²) in [4.78, 5) is 101. The first-order valence-electron chi connectivity index (χ1n) is 17.8. The van der Waals surface area contributed by atoms with Crippen LogP contribution in [-0.2, 0) is 9.59 Å². The molecule has 4 atom stereocenters. The number of carbonyl (C=O) groups is 6. The Hall–Kier alpha value is -6.61. The molecule has 6 amide bonds. The van der Waals surface area contributed by atoms with E-state index in [4.69, 9.17) is 14.6 Å². The van der Waals surface area contributed by atoms with E-state index < -0.39 is 59.6 Å². The minimum absolute atomic E-state index is 0.00615. The molecule has 8 bridgehead atoms. The van der Waals surface area contributed by atoms with E-state index in [0.717, 1.165) is 11.3 Å². The molecule has 0 spiro atoms. The fourth-order valence-corrected chi connectivity index (χ4v) is 7.33. The number of hydrogen-bond acceptors (Lipinski definition) is 15. The average Bonchev–Trinajstić information content (AvgIpc) is 3.99. The molecule has 7 N–H and O–H groups in total. The van der Waals surface area contributed by atoms with E-state index in [1.54, 1.807) is 59.9 Å². The molecule has 1 aliphatic heterocycles. The number of nitrogens with zero attached hydrogens (tertiary/aromatic N) is 5. The highest BCUT2D eigenvalue weighted by molar-refractivity contribution is 7.13. The van der Waals surface area contributed by atoms with E-state index in [9.17, 15) is 28.8 Å². The first kappa shape index (κ1) is 41.0. The van der Waals surface area contributed by atoms with Crippen molar-refractivity contribution in [3.63, 3.8) is 0 Å². The molecule has 5 aromatic heterocycles. The number of amides is 6. The number of fused-ring (bicyclic) bond motifs is 11. The Morgan fingerprint density at radius 2 is 1.34 bits per heavy atom. The Bertz CT molecular complexity index is 2480. The number of primary amides is 1. The van der Waals surface area contributed by atoms with Gasteiger partial charge in [-0.1, -0.05) is 20.4 Å². The van der Waals surface area contributed by atoms with Crippen LogP contribution in [0.2, 0.25) is 0 Å². The lowest BCUT2D eigenvalue weighted by Crippen LogP contribution is -2.50. The molecule has 0 saturated carbocycles. The second-order valence-electron chi connectivity index (χ2n) is 13.7.